The van der Waals surface area contributed by atoms with Crippen LogP contribution < -0.4 is 15.2 Å². The molecule has 2 rings (SSSR count). The van der Waals surface area contributed by atoms with Crippen LogP contribution in [0.15, 0.2) is 12.1 Å². The van der Waals surface area contributed by atoms with E-state index in [0.29, 0.717) is 45.4 Å². The van der Waals surface area contributed by atoms with Gasteiger partial charge in [0.15, 0.2) is 11.5 Å². The van der Waals surface area contributed by atoms with Crippen LogP contribution >= 0.6 is 0 Å². The summed E-state index contributed by atoms with van der Waals surface area (Å²) < 4.78 is 27.1. The SMILES string of the molecule is Nc1cc2c(cc1[N+](=O)[O-])OCCOCCOCCOCCO2. The zero-order chi connectivity index (χ0) is 16.5. The normalized spacial score (nSPS) is 17.7. The highest BCUT2D eigenvalue weighted by molar-refractivity contribution is 5.65. The van der Waals surface area contributed by atoms with Crippen molar-refractivity contribution in [1.29, 1.82) is 0 Å². The first-order valence-electron chi connectivity index (χ1n) is 7.25. The molecule has 0 aliphatic carbocycles. The Morgan fingerprint density at radius 3 is 1.74 bits per heavy atom. The quantitative estimate of drug-likeness (QED) is 0.461. The summed E-state index contributed by atoms with van der Waals surface area (Å²) in [7, 11) is 0. The summed E-state index contributed by atoms with van der Waals surface area (Å²) in [6.07, 6.45) is 0. The van der Waals surface area contributed by atoms with Crippen LogP contribution in [0.25, 0.3) is 0 Å². The molecule has 9 heteroatoms. The molecule has 1 aromatic carbocycles. The van der Waals surface area contributed by atoms with Gasteiger partial charge in [-0.25, -0.2) is 0 Å². The van der Waals surface area contributed by atoms with Crippen molar-refractivity contribution in [2.75, 3.05) is 58.6 Å². The molecule has 0 saturated heterocycles. The lowest BCUT2D eigenvalue weighted by atomic mass is 10.2. The van der Waals surface area contributed by atoms with Gasteiger partial charge in [-0.2, -0.15) is 0 Å². The van der Waals surface area contributed by atoms with Gasteiger partial charge < -0.3 is 29.4 Å². The van der Waals surface area contributed by atoms with Crippen LogP contribution in [0.3, 0.4) is 0 Å². The van der Waals surface area contributed by atoms with Crippen molar-refractivity contribution in [3.05, 3.63) is 22.2 Å². The van der Waals surface area contributed by atoms with Crippen LogP contribution in [0.2, 0.25) is 0 Å². The van der Waals surface area contributed by atoms with Crippen LogP contribution in [-0.4, -0.2) is 57.8 Å². The fraction of sp³-hybridized carbons (Fsp3) is 0.571. The summed E-state index contributed by atoms with van der Waals surface area (Å²) >= 11 is 0. The second-order valence-corrected chi connectivity index (χ2v) is 4.65. The monoisotopic (exact) mass is 328 g/mol. The van der Waals surface area contributed by atoms with Crippen molar-refractivity contribution in [3.63, 3.8) is 0 Å². The van der Waals surface area contributed by atoms with Gasteiger partial charge in [0.1, 0.15) is 18.9 Å². The molecule has 1 heterocycles. The number of hydrogen-bond acceptors (Lipinski definition) is 8. The number of rotatable bonds is 1. The van der Waals surface area contributed by atoms with Gasteiger partial charge in [0.2, 0.25) is 0 Å². The summed E-state index contributed by atoms with van der Waals surface area (Å²) in [5.41, 5.74) is 5.47. The molecule has 1 aromatic rings. The van der Waals surface area contributed by atoms with Crippen LogP contribution in [0, 0.1) is 10.1 Å². The number of fused-ring (bicyclic) bond motifs is 1. The van der Waals surface area contributed by atoms with Crippen molar-refractivity contribution in [3.8, 4) is 11.5 Å². The van der Waals surface area contributed by atoms with E-state index in [9.17, 15) is 10.1 Å². The number of nitro benzene ring substituents is 1. The first-order valence-corrected chi connectivity index (χ1v) is 7.25. The van der Waals surface area contributed by atoms with Gasteiger partial charge in [-0.05, 0) is 0 Å². The third-order valence-electron chi connectivity index (χ3n) is 3.00. The van der Waals surface area contributed by atoms with E-state index in [0.717, 1.165) is 0 Å². The van der Waals surface area contributed by atoms with E-state index in [1.165, 1.54) is 12.1 Å². The summed E-state index contributed by atoms with van der Waals surface area (Å²) in [5, 5.41) is 11.0. The second kappa shape index (κ2) is 9.13. The molecule has 2 N–H and O–H groups in total. The summed E-state index contributed by atoms with van der Waals surface area (Å²) in [5.74, 6) is 0.587. The largest absolute Gasteiger partial charge is 0.487 e. The number of nitrogens with zero attached hydrogens (tertiary/aromatic N) is 1. The molecule has 0 fully saturated rings. The van der Waals surface area contributed by atoms with Gasteiger partial charge in [0.05, 0.1) is 50.6 Å². The van der Waals surface area contributed by atoms with E-state index >= 15 is 0 Å². The van der Waals surface area contributed by atoms with Crippen molar-refractivity contribution >= 4 is 11.4 Å². The predicted molar refractivity (Wildman–Crippen MR) is 81.0 cm³/mol. The Kier molecular flexibility index (Phi) is 6.85. The molecule has 0 bridgehead atoms. The molecule has 23 heavy (non-hydrogen) atoms. The molecule has 9 nitrogen and oxygen atoms in total. The molecule has 1 aliphatic heterocycles. The number of nitrogens with two attached hydrogens (primary N) is 1. The Balaban J connectivity index is 2.10. The van der Waals surface area contributed by atoms with E-state index in [1.807, 2.05) is 0 Å². The Morgan fingerprint density at radius 1 is 0.826 bits per heavy atom. The average molecular weight is 328 g/mol. The smallest absolute Gasteiger partial charge is 0.296 e. The zero-order valence-electron chi connectivity index (χ0n) is 12.7. The maximum atomic E-state index is 11.0. The first kappa shape index (κ1) is 17.3. The van der Waals surface area contributed by atoms with E-state index in [2.05, 4.69) is 0 Å². The highest BCUT2D eigenvalue weighted by Crippen LogP contribution is 2.36. The molecule has 0 spiro atoms. The second-order valence-electron chi connectivity index (χ2n) is 4.65. The minimum atomic E-state index is -0.564. The maximum Gasteiger partial charge on any atom is 0.296 e. The van der Waals surface area contributed by atoms with Crippen LogP contribution in [0.1, 0.15) is 0 Å². The number of nitro groups is 1. The highest BCUT2D eigenvalue weighted by atomic mass is 16.6. The number of ether oxygens (including phenoxy) is 5. The lowest BCUT2D eigenvalue weighted by molar-refractivity contribution is -0.384. The Morgan fingerprint density at radius 2 is 1.26 bits per heavy atom. The molecular weight excluding hydrogens is 308 g/mol. The van der Waals surface area contributed by atoms with Crippen LogP contribution in [0.4, 0.5) is 11.4 Å². The van der Waals surface area contributed by atoms with E-state index in [-0.39, 0.29) is 30.3 Å². The zero-order valence-corrected chi connectivity index (χ0v) is 12.7. The van der Waals surface area contributed by atoms with E-state index < -0.39 is 4.92 Å². The Labute approximate surface area is 133 Å². The molecule has 128 valence electrons. The third kappa shape index (κ3) is 5.55. The van der Waals surface area contributed by atoms with Gasteiger partial charge in [-0.3, -0.25) is 10.1 Å². The molecule has 1 aliphatic rings. The van der Waals surface area contributed by atoms with Gasteiger partial charge >= 0.3 is 0 Å². The van der Waals surface area contributed by atoms with Gasteiger partial charge in [0, 0.05) is 6.07 Å². The van der Waals surface area contributed by atoms with Crippen molar-refractivity contribution in [1.82, 2.24) is 0 Å². The summed E-state index contributed by atoms with van der Waals surface area (Å²) in [6, 6.07) is 2.64. The van der Waals surface area contributed by atoms with E-state index in [1.54, 1.807) is 0 Å². The van der Waals surface area contributed by atoms with E-state index in [4.69, 9.17) is 29.4 Å². The number of benzene rings is 1. The average Bonchev–Trinajstić information content (AvgIpc) is 2.53. The molecule has 0 atom stereocenters. The molecule has 0 saturated carbocycles. The van der Waals surface area contributed by atoms with Crippen LogP contribution in [0.5, 0.6) is 11.5 Å². The fourth-order valence-electron chi connectivity index (χ4n) is 1.91. The third-order valence-corrected chi connectivity index (χ3v) is 3.00. The van der Waals surface area contributed by atoms with Crippen molar-refractivity contribution < 1.29 is 28.6 Å². The number of hydrogen-bond donors (Lipinski definition) is 1. The fourth-order valence-corrected chi connectivity index (χ4v) is 1.91. The first-order chi connectivity index (χ1) is 11.2. The molecule has 0 amide bonds. The molecular formula is C14H20N2O7. The standard InChI is InChI=1S/C14H20N2O7/c15-11-9-13-14(10-12(11)16(17)18)23-8-6-21-4-2-19-1-3-20-5-7-22-13/h9-10H,1-8,15H2. The minimum absolute atomic E-state index is 0.0147. The van der Waals surface area contributed by atoms with Gasteiger partial charge in [-0.15, -0.1) is 0 Å². The molecule has 0 unspecified atom stereocenters. The Hall–Kier alpha value is -2.10. The van der Waals surface area contributed by atoms with Crippen LogP contribution in [-0.2, 0) is 14.2 Å². The molecule has 0 aromatic heterocycles. The van der Waals surface area contributed by atoms with Crippen molar-refractivity contribution in [2.24, 2.45) is 0 Å². The predicted octanol–water partition coefficient (Wildman–Crippen LogP) is 0.998. The topological polar surface area (TPSA) is 115 Å². The number of nitrogen functional groups attached to an aromatic ring is 1. The van der Waals surface area contributed by atoms with Crippen molar-refractivity contribution in [2.45, 2.75) is 0 Å². The summed E-state index contributed by atoms with van der Waals surface area (Å²) in [6.45, 7) is 3.03. The highest BCUT2D eigenvalue weighted by Gasteiger charge is 2.18. The van der Waals surface area contributed by atoms with Gasteiger partial charge in [-0.1, -0.05) is 0 Å². The Bertz CT molecular complexity index is 524. The number of anilines is 1. The lowest BCUT2D eigenvalue weighted by Crippen LogP contribution is -2.13. The lowest BCUT2D eigenvalue weighted by Gasteiger charge is -2.13. The minimum Gasteiger partial charge on any atom is -0.487 e. The van der Waals surface area contributed by atoms with Gasteiger partial charge in [0.25, 0.3) is 5.69 Å². The maximum absolute atomic E-state index is 11.0. The summed E-state index contributed by atoms with van der Waals surface area (Å²) in [4.78, 5) is 10.4. The molecule has 0 radical (unpaired) electrons.